The maximum Gasteiger partial charge on any atom is 0.165 e. The summed E-state index contributed by atoms with van der Waals surface area (Å²) in [6.45, 7) is 3.56. The zero-order valence-electron chi connectivity index (χ0n) is 12.1. The second kappa shape index (κ2) is 6.59. The normalized spacial score (nSPS) is 10.3. The Morgan fingerprint density at radius 1 is 1.29 bits per heavy atom. The van der Waals surface area contributed by atoms with E-state index >= 15 is 0 Å². The van der Waals surface area contributed by atoms with Gasteiger partial charge >= 0.3 is 0 Å². The molecule has 1 aromatic carbocycles. The number of nitrogens with zero attached hydrogens (tertiary/aromatic N) is 1. The van der Waals surface area contributed by atoms with Gasteiger partial charge in [0.15, 0.2) is 5.78 Å². The highest BCUT2D eigenvalue weighted by Gasteiger charge is 2.14. The molecule has 0 saturated heterocycles. The Labute approximate surface area is 128 Å². The van der Waals surface area contributed by atoms with Crippen molar-refractivity contribution < 1.29 is 14.3 Å². The molecular weight excluding hydrogens is 290 g/mol. The van der Waals surface area contributed by atoms with Crippen LogP contribution in [0.3, 0.4) is 0 Å². The van der Waals surface area contributed by atoms with E-state index in [0.29, 0.717) is 28.8 Å². The van der Waals surface area contributed by atoms with Gasteiger partial charge in [0.05, 0.1) is 18.4 Å². The summed E-state index contributed by atoms with van der Waals surface area (Å²) in [6, 6.07) is 9.09. The maximum absolute atomic E-state index is 11.7. The average Bonchev–Trinajstić information content (AvgIpc) is 2.44. The van der Waals surface area contributed by atoms with E-state index in [1.165, 1.54) is 6.92 Å². The third-order valence-corrected chi connectivity index (χ3v) is 3.23. The molecule has 0 unspecified atom stereocenters. The van der Waals surface area contributed by atoms with E-state index in [4.69, 9.17) is 21.1 Å². The van der Waals surface area contributed by atoms with Gasteiger partial charge < -0.3 is 9.47 Å². The molecule has 0 aliphatic carbocycles. The van der Waals surface area contributed by atoms with Gasteiger partial charge in [-0.25, -0.2) is 4.98 Å². The second-order valence-corrected chi connectivity index (χ2v) is 4.98. The molecule has 0 aliphatic rings. The fourth-order valence-electron chi connectivity index (χ4n) is 2.03. The molecule has 0 atom stereocenters. The Bertz CT molecular complexity index is 653. The van der Waals surface area contributed by atoms with Crippen molar-refractivity contribution in [1.82, 2.24) is 4.98 Å². The lowest BCUT2D eigenvalue weighted by molar-refractivity contribution is 0.101. The number of ether oxygens (including phenoxy) is 2. The van der Waals surface area contributed by atoms with Crippen LogP contribution in [0, 0.1) is 6.92 Å². The van der Waals surface area contributed by atoms with Gasteiger partial charge in [0, 0.05) is 6.07 Å². The Balaban J connectivity index is 2.20. The molecule has 0 saturated carbocycles. The monoisotopic (exact) mass is 305 g/mol. The minimum absolute atomic E-state index is 0.0959. The third kappa shape index (κ3) is 3.73. The Kier molecular flexibility index (Phi) is 4.81. The molecule has 2 aromatic rings. The molecule has 5 heteroatoms. The molecule has 110 valence electrons. The molecule has 0 bridgehead atoms. The van der Waals surface area contributed by atoms with Crippen molar-refractivity contribution >= 4 is 17.4 Å². The van der Waals surface area contributed by atoms with E-state index in [0.717, 1.165) is 11.3 Å². The Morgan fingerprint density at radius 2 is 1.95 bits per heavy atom. The maximum atomic E-state index is 11.7. The van der Waals surface area contributed by atoms with Gasteiger partial charge in [-0.2, -0.15) is 0 Å². The molecule has 0 amide bonds. The van der Waals surface area contributed by atoms with E-state index < -0.39 is 0 Å². The van der Waals surface area contributed by atoms with Crippen LogP contribution < -0.4 is 9.47 Å². The van der Waals surface area contributed by atoms with E-state index in [-0.39, 0.29) is 5.78 Å². The predicted molar refractivity (Wildman–Crippen MR) is 81.3 cm³/mol. The number of benzene rings is 1. The number of pyridine rings is 1. The largest absolute Gasteiger partial charge is 0.497 e. The standard InChI is InChI=1S/C16H16ClNO3/c1-10-16(11(2)19)14(8-15(17)18-10)21-9-12-4-6-13(20-3)7-5-12/h4-8H,9H2,1-3H3. The third-order valence-electron chi connectivity index (χ3n) is 3.04. The van der Waals surface area contributed by atoms with Gasteiger partial charge in [-0.1, -0.05) is 23.7 Å². The summed E-state index contributed by atoms with van der Waals surface area (Å²) >= 11 is 5.93. The molecule has 21 heavy (non-hydrogen) atoms. The molecule has 1 heterocycles. The summed E-state index contributed by atoms with van der Waals surface area (Å²) < 4.78 is 10.8. The van der Waals surface area contributed by atoms with Gasteiger partial charge in [0.25, 0.3) is 0 Å². The molecule has 0 spiro atoms. The quantitative estimate of drug-likeness (QED) is 0.622. The predicted octanol–water partition coefficient (Wildman–Crippen LogP) is 3.83. The van der Waals surface area contributed by atoms with Crippen LogP contribution in [0.25, 0.3) is 0 Å². The lowest BCUT2D eigenvalue weighted by Gasteiger charge is -2.12. The highest BCUT2D eigenvalue weighted by Crippen LogP contribution is 2.26. The fraction of sp³-hybridized carbons (Fsp3) is 0.250. The zero-order chi connectivity index (χ0) is 15.4. The topological polar surface area (TPSA) is 48.4 Å². The van der Waals surface area contributed by atoms with Crippen LogP contribution in [0.15, 0.2) is 30.3 Å². The van der Waals surface area contributed by atoms with E-state index in [2.05, 4.69) is 4.98 Å². The lowest BCUT2D eigenvalue weighted by atomic mass is 10.1. The van der Waals surface area contributed by atoms with Gasteiger partial charge in [-0.15, -0.1) is 0 Å². The van der Waals surface area contributed by atoms with Gasteiger partial charge in [-0.3, -0.25) is 4.79 Å². The smallest absolute Gasteiger partial charge is 0.165 e. The van der Waals surface area contributed by atoms with Crippen molar-refractivity contribution in [2.45, 2.75) is 20.5 Å². The first-order valence-corrected chi connectivity index (χ1v) is 6.83. The van der Waals surface area contributed by atoms with E-state index in [1.807, 2.05) is 24.3 Å². The summed E-state index contributed by atoms with van der Waals surface area (Å²) in [5.74, 6) is 1.14. The first kappa shape index (κ1) is 15.3. The van der Waals surface area contributed by atoms with Crippen molar-refractivity contribution in [3.05, 3.63) is 52.3 Å². The number of hydrogen-bond donors (Lipinski definition) is 0. The van der Waals surface area contributed by atoms with E-state index in [1.54, 1.807) is 20.1 Å². The summed E-state index contributed by atoms with van der Waals surface area (Å²) in [4.78, 5) is 15.8. The number of ketones is 1. The summed E-state index contributed by atoms with van der Waals surface area (Å²) in [5, 5.41) is 0.308. The SMILES string of the molecule is COc1ccc(COc2cc(Cl)nc(C)c2C(C)=O)cc1. The molecule has 4 nitrogen and oxygen atoms in total. The van der Waals surface area contributed by atoms with Crippen molar-refractivity contribution in [2.75, 3.05) is 7.11 Å². The number of carbonyl (C=O) groups excluding carboxylic acids is 1. The zero-order valence-corrected chi connectivity index (χ0v) is 12.9. The van der Waals surface area contributed by atoms with Crippen LogP contribution in [-0.4, -0.2) is 17.9 Å². The van der Waals surface area contributed by atoms with Crippen LogP contribution in [0.5, 0.6) is 11.5 Å². The van der Waals surface area contributed by atoms with Crippen molar-refractivity contribution in [3.63, 3.8) is 0 Å². The number of carbonyl (C=O) groups is 1. The summed E-state index contributed by atoms with van der Waals surface area (Å²) in [6.07, 6.45) is 0. The summed E-state index contributed by atoms with van der Waals surface area (Å²) in [7, 11) is 1.62. The number of Topliss-reactive ketones (excluding diaryl/α,β-unsaturated/α-hetero) is 1. The Hall–Kier alpha value is -2.07. The molecular formula is C16H16ClNO3. The average molecular weight is 306 g/mol. The highest BCUT2D eigenvalue weighted by atomic mass is 35.5. The number of methoxy groups -OCH3 is 1. The molecule has 0 fully saturated rings. The molecule has 1 aromatic heterocycles. The minimum Gasteiger partial charge on any atom is -0.497 e. The molecule has 0 aliphatic heterocycles. The van der Waals surface area contributed by atoms with Crippen LogP contribution >= 0.6 is 11.6 Å². The Morgan fingerprint density at radius 3 is 2.52 bits per heavy atom. The van der Waals surface area contributed by atoms with Crippen molar-refractivity contribution in [2.24, 2.45) is 0 Å². The number of halogens is 1. The van der Waals surface area contributed by atoms with Crippen LogP contribution in [0.1, 0.15) is 28.5 Å². The van der Waals surface area contributed by atoms with Crippen LogP contribution in [-0.2, 0) is 6.61 Å². The minimum atomic E-state index is -0.0959. The number of aromatic nitrogens is 1. The first-order valence-electron chi connectivity index (χ1n) is 6.45. The first-order chi connectivity index (χ1) is 10.0. The van der Waals surface area contributed by atoms with Gasteiger partial charge in [-0.05, 0) is 31.5 Å². The van der Waals surface area contributed by atoms with Crippen LogP contribution in [0.2, 0.25) is 5.15 Å². The number of aryl methyl sites for hydroxylation is 1. The lowest BCUT2D eigenvalue weighted by Crippen LogP contribution is -2.05. The molecule has 0 radical (unpaired) electrons. The second-order valence-electron chi connectivity index (χ2n) is 4.60. The highest BCUT2D eigenvalue weighted by molar-refractivity contribution is 6.29. The molecule has 0 N–H and O–H groups in total. The number of hydrogen-bond acceptors (Lipinski definition) is 4. The molecule has 2 rings (SSSR count). The van der Waals surface area contributed by atoms with Crippen LogP contribution in [0.4, 0.5) is 0 Å². The number of rotatable bonds is 5. The fourth-order valence-corrected chi connectivity index (χ4v) is 2.26. The summed E-state index contributed by atoms with van der Waals surface area (Å²) in [5.41, 5.74) is 2.00. The van der Waals surface area contributed by atoms with E-state index in [9.17, 15) is 4.79 Å². The van der Waals surface area contributed by atoms with Gasteiger partial charge in [0.1, 0.15) is 23.3 Å². The van der Waals surface area contributed by atoms with Gasteiger partial charge in [0.2, 0.25) is 0 Å². The van der Waals surface area contributed by atoms with Crippen molar-refractivity contribution in [1.29, 1.82) is 0 Å². The van der Waals surface area contributed by atoms with Crippen molar-refractivity contribution in [3.8, 4) is 11.5 Å².